The molecule has 0 radical (unpaired) electrons. The summed E-state index contributed by atoms with van der Waals surface area (Å²) in [6, 6.07) is 3.89. The number of hydrogen-bond acceptors (Lipinski definition) is 4. The van der Waals surface area contributed by atoms with Crippen molar-refractivity contribution in [3.8, 4) is 0 Å². The highest BCUT2D eigenvalue weighted by molar-refractivity contribution is 6.10. The van der Waals surface area contributed by atoms with Gasteiger partial charge in [-0.3, -0.25) is 19.8 Å². The summed E-state index contributed by atoms with van der Waals surface area (Å²) >= 11 is 0. The molecule has 0 saturated carbocycles. The van der Waals surface area contributed by atoms with Gasteiger partial charge in [-0.25, -0.2) is 14.0 Å². The minimum atomic E-state index is -1.63. The monoisotopic (exact) mass is 348 g/mol. The van der Waals surface area contributed by atoms with Crippen LogP contribution >= 0.6 is 0 Å². The molecule has 1 saturated heterocycles. The van der Waals surface area contributed by atoms with Crippen LogP contribution in [-0.2, 0) is 15.1 Å². The lowest BCUT2D eigenvalue weighted by Gasteiger charge is -2.22. The SMILES string of the molecule is C=CCNC(=O)NC(=O)CN1C(=O)N[C@](C)(c2ccccc2F)C1=O. The highest BCUT2D eigenvalue weighted by atomic mass is 19.1. The molecule has 0 unspecified atom stereocenters. The molecule has 8 nitrogen and oxygen atoms in total. The predicted octanol–water partition coefficient (Wildman–Crippen LogP) is 0.605. The molecule has 3 N–H and O–H groups in total. The lowest BCUT2D eigenvalue weighted by Crippen LogP contribution is -2.47. The average molecular weight is 348 g/mol. The first-order chi connectivity index (χ1) is 11.8. The second kappa shape index (κ2) is 7.12. The topological polar surface area (TPSA) is 108 Å². The first kappa shape index (κ1) is 18.1. The summed E-state index contributed by atoms with van der Waals surface area (Å²) in [4.78, 5) is 48.5. The maximum atomic E-state index is 14.0. The van der Waals surface area contributed by atoms with Crippen LogP contribution in [0.25, 0.3) is 0 Å². The Balaban J connectivity index is 2.11. The number of urea groups is 2. The van der Waals surface area contributed by atoms with Crippen molar-refractivity contribution in [2.75, 3.05) is 13.1 Å². The van der Waals surface area contributed by atoms with Crippen molar-refractivity contribution in [2.45, 2.75) is 12.5 Å². The van der Waals surface area contributed by atoms with Crippen molar-refractivity contribution in [2.24, 2.45) is 0 Å². The number of hydrogen-bond donors (Lipinski definition) is 3. The minimum Gasteiger partial charge on any atom is -0.334 e. The second-order valence-corrected chi connectivity index (χ2v) is 5.47. The fraction of sp³-hybridized carbons (Fsp3) is 0.250. The second-order valence-electron chi connectivity index (χ2n) is 5.47. The Labute approximate surface area is 143 Å². The molecule has 0 aromatic heterocycles. The summed E-state index contributed by atoms with van der Waals surface area (Å²) < 4.78 is 14.0. The van der Waals surface area contributed by atoms with Crippen LogP contribution in [0.3, 0.4) is 0 Å². The summed E-state index contributed by atoms with van der Waals surface area (Å²) in [5.41, 5.74) is -1.65. The lowest BCUT2D eigenvalue weighted by atomic mass is 9.91. The molecule has 132 valence electrons. The normalized spacial score (nSPS) is 19.4. The van der Waals surface area contributed by atoms with E-state index in [2.05, 4.69) is 17.2 Å². The van der Waals surface area contributed by atoms with E-state index in [1.54, 1.807) is 0 Å². The van der Waals surface area contributed by atoms with Gasteiger partial charge in [0.1, 0.15) is 17.9 Å². The molecule has 25 heavy (non-hydrogen) atoms. The summed E-state index contributed by atoms with van der Waals surface area (Å²) in [6.07, 6.45) is 1.42. The first-order valence-electron chi connectivity index (χ1n) is 7.37. The Morgan fingerprint density at radius 3 is 2.68 bits per heavy atom. The van der Waals surface area contributed by atoms with E-state index in [9.17, 15) is 23.6 Å². The third-order valence-corrected chi connectivity index (χ3v) is 3.65. The summed E-state index contributed by atoms with van der Waals surface area (Å²) in [5, 5.41) is 6.68. The van der Waals surface area contributed by atoms with E-state index >= 15 is 0 Å². The van der Waals surface area contributed by atoms with Crippen molar-refractivity contribution in [3.05, 3.63) is 48.3 Å². The van der Waals surface area contributed by atoms with Crippen LogP contribution in [-0.4, -0.2) is 41.9 Å². The van der Waals surface area contributed by atoms with Gasteiger partial charge in [0.15, 0.2) is 0 Å². The maximum Gasteiger partial charge on any atom is 0.325 e. The predicted molar refractivity (Wildman–Crippen MR) is 85.7 cm³/mol. The molecule has 9 heteroatoms. The third-order valence-electron chi connectivity index (χ3n) is 3.65. The standard InChI is InChI=1S/C16H17FN4O4/c1-3-8-18-14(24)19-12(22)9-21-13(23)16(2,20-15(21)25)10-6-4-5-7-11(10)17/h3-7H,1,8-9H2,2H3,(H,20,25)(H2,18,19,22,24)/t16-/m1/s1. The molecular formula is C16H17FN4O4. The number of halogens is 1. The largest absolute Gasteiger partial charge is 0.334 e. The Hall–Kier alpha value is -3.23. The average Bonchev–Trinajstić information content (AvgIpc) is 2.77. The van der Waals surface area contributed by atoms with E-state index in [1.165, 1.54) is 37.3 Å². The van der Waals surface area contributed by atoms with Crippen LogP contribution in [0.5, 0.6) is 0 Å². The molecule has 1 heterocycles. The van der Waals surface area contributed by atoms with E-state index in [-0.39, 0.29) is 12.1 Å². The molecule has 6 amide bonds. The van der Waals surface area contributed by atoms with Gasteiger partial charge in [0, 0.05) is 12.1 Å². The smallest absolute Gasteiger partial charge is 0.325 e. The van der Waals surface area contributed by atoms with E-state index in [4.69, 9.17) is 0 Å². The van der Waals surface area contributed by atoms with Crippen LogP contribution in [0.1, 0.15) is 12.5 Å². The summed E-state index contributed by atoms with van der Waals surface area (Å²) in [7, 11) is 0. The van der Waals surface area contributed by atoms with Gasteiger partial charge in [0.25, 0.3) is 5.91 Å². The molecule has 1 fully saturated rings. The van der Waals surface area contributed by atoms with E-state index in [0.717, 1.165) is 0 Å². The lowest BCUT2D eigenvalue weighted by molar-refractivity contribution is -0.134. The van der Waals surface area contributed by atoms with Crippen LogP contribution in [0.4, 0.5) is 14.0 Å². The van der Waals surface area contributed by atoms with Crippen molar-refractivity contribution in [1.82, 2.24) is 20.9 Å². The van der Waals surface area contributed by atoms with Gasteiger partial charge in [-0.15, -0.1) is 6.58 Å². The maximum absolute atomic E-state index is 14.0. The Morgan fingerprint density at radius 1 is 1.36 bits per heavy atom. The van der Waals surface area contributed by atoms with Crippen LogP contribution in [0, 0.1) is 5.82 Å². The Bertz CT molecular complexity index is 751. The minimum absolute atomic E-state index is 0.0139. The van der Waals surface area contributed by atoms with E-state index < -0.39 is 41.8 Å². The van der Waals surface area contributed by atoms with Crippen molar-refractivity contribution in [1.29, 1.82) is 0 Å². The first-order valence-corrected chi connectivity index (χ1v) is 7.37. The van der Waals surface area contributed by atoms with Crippen LogP contribution < -0.4 is 16.0 Å². The number of carbonyl (C=O) groups is 4. The number of nitrogens with zero attached hydrogens (tertiary/aromatic N) is 1. The van der Waals surface area contributed by atoms with Gasteiger partial charge in [0.05, 0.1) is 0 Å². The van der Waals surface area contributed by atoms with Gasteiger partial charge in [-0.2, -0.15) is 0 Å². The number of amides is 6. The number of imide groups is 2. The van der Waals surface area contributed by atoms with E-state index in [0.29, 0.717) is 4.90 Å². The molecule has 1 aromatic carbocycles. The zero-order chi connectivity index (χ0) is 18.6. The third kappa shape index (κ3) is 3.65. The Kier molecular flexibility index (Phi) is 5.16. The molecule has 2 rings (SSSR count). The molecule has 0 spiro atoms. The number of nitrogens with one attached hydrogen (secondary N) is 3. The number of carbonyl (C=O) groups excluding carboxylic acids is 4. The van der Waals surface area contributed by atoms with Crippen LogP contribution in [0.15, 0.2) is 36.9 Å². The quantitative estimate of drug-likeness (QED) is 0.535. The fourth-order valence-corrected chi connectivity index (χ4v) is 2.41. The van der Waals surface area contributed by atoms with Gasteiger partial charge >= 0.3 is 12.1 Å². The van der Waals surface area contributed by atoms with Gasteiger partial charge in [0.2, 0.25) is 5.91 Å². The fourth-order valence-electron chi connectivity index (χ4n) is 2.41. The zero-order valence-corrected chi connectivity index (χ0v) is 13.5. The van der Waals surface area contributed by atoms with Gasteiger partial charge in [-0.1, -0.05) is 24.3 Å². The molecule has 0 bridgehead atoms. The molecule has 1 aromatic rings. The molecular weight excluding hydrogens is 331 g/mol. The number of rotatable bonds is 5. The summed E-state index contributed by atoms with van der Waals surface area (Å²) in [5.74, 6) is -2.30. The summed E-state index contributed by atoms with van der Waals surface area (Å²) in [6.45, 7) is 4.23. The highest BCUT2D eigenvalue weighted by Crippen LogP contribution is 2.30. The molecule has 1 atom stereocenters. The van der Waals surface area contributed by atoms with E-state index in [1.807, 2.05) is 5.32 Å². The molecule has 1 aliphatic heterocycles. The van der Waals surface area contributed by atoms with Crippen LogP contribution in [0.2, 0.25) is 0 Å². The highest BCUT2D eigenvalue weighted by Gasteiger charge is 2.50. The zero-order valence-electron chi connectivity index (χ0n) is 13.5. The van der Waals surface area contributed by atoms with Crippen molar-refractivity contribution < 1.29 is 23.6 Å². The van der Waals surface area contributed by atoms with Gasteiger partial charge < -0.3 is 10.6 Å². The molecule has 1 aliphatic rings. The van der Waals surface area contributed by atoms with Gasteiger partial charge in [-0.05, 0) is 13.0 Å². The van der Waals surface area contributed by atoms with Crippen molar-refractivity contribution >= 4 is 23.9 Å². The van der Waals surface area contributed by atoms with Crippen molar-refractivity contribution in [3.63, 3.8) is 0 Å². The molecule has 0 aliphatic carbocycles. The number of benzene rings is 1. The Morgan fingerprint density at radius 2 is 2.04 bits per heavy atom.